The Balaban J connectivity index is 3.25. The second-order valence-corrected chi connectivity index (χ2v) is 1.92. The molecule has 1 heteroatoms. The van der Waals surface area contributed by atoms with Crippen molar-refractivity contribution >= 4 is 0 Å². The van der Waals surface area contributed by atoms with Gasteiger partial charge in [0.15, 0.2) is 0 Å². The first-order valence-corrected chi connectivity index (χ1v) is 3.26. The minimum atomic E-state index is -0.368. The van der Waals surface area contributed by atoms with Crippen molar-refractivity contribution in [3.05, 3.63) is 24.8 Å². The summed E-state index contributed by atoms with van der Waals surface area (Å²) in [5, 5.41) is 8.92. The first-order chi connectivity index (χ1) is 4.31. The summed E-state index contributed by atoms with van der Waals surface area (Å²) in [6, 6.07) is 0. The van der Waals surface area contributed by atoms with Crippen LogP contribution in [-0.4, -0.2) is 11.2 Å². The maximum Gasteiger partial charge on any atom is 0.0752 e. The van der Waals surface area contributed by atoms with E-state index >= 15 is 0 Å². The molecule has 0 aliphatic carbocycles. The Kier molecular flexibility index (Phi) is 5.23. The SMILES string of the molecule is C=C[C@@H](O)CC=CCC. The normalized spacial score (nSPS) is 14.0. The van der Waals surface area contributed by atoms with Crippen molar-refractivity contribution < 1.29 is 5.11 Å². The lowest BCUT2D eigenvalue weighted by atomic mass is 10.2. The third-order valence-corrected chi connectivity index (χ3v) is 1.05. The molecule has 0 radical (unpaired) electrons. The number of aliphatic hydroxyl groups excluding tert-OH is 1. The van der Waals surface area contributed by atoms with E-state index in [2.05, 4.69) is 13.5 Å². The molecule has 0 aromatic rings. The molecule has 0 saturated heterocycles. The van der Waals surface area contributed by atoms with Gasteiger partial charge in [-0.1, -0.05) is 25.2 Å². The quantitative estimate of drug-likeness (QED) is 0.570. The summed E-state index contributed by atoms with van der Waals surface area (Å²) in [4.78, 5) is 0. The predicted octanol–water partition coefficient (Wildman–Crippen LogP) is 1.89. The molecule has 0 spiro atoms. The highest BCUT2D eigenvalue weighted by molar-refractivity contribution is 4.89. The highest BCUT2D eigenvalue weighted by atomic mass is 16.3. The van der Waals surface area contributed by atoms with Crippen LogP contribution in [0, 0.1) is 0 Å². The number of allylic oxidation sites excluding steroid dienone is 1. The molecule has 0 amide bonds. The maximum atomic E-state index is 8.92. The lowest BCUT2D eigenvalue weighted by Crippen LogP contribution is -1.97. The summed E-state index contributed by atoms with van der Waals surface area (Å²) in [6.07, 6.45) is 6.90. The van der Waals surface area contributed by atoms with Crippen molar-refractivity contribution in [1.29, 1.82) is 0 Å². The van der Waals surface area contributed by atoms with E-state index in [-0.39, 0.29) is 6.10 Å². The predicted molar refractivity (Wildman–Crippen MR) is 40.3 cm³/mol. The van der Waals surface area contributed by atoms with E-state index < -0.39 is 0 Å². The lowest BCUT2D eigenvalue weighted by molar-refractivity contribution is 0.227. The van der Waals surface area contributed by atoms with E-state index in [1.807, 2.05) is 12.2 Å². The molecule has 52 valence electrons. The van der Waals surface area contributed by atoms with E-state index in [1.165, 1.54) is 0 Å². The van der Waals surface area contributed by atoms with E-state index in [1.54, 1.807) is 6.08 Å². The van der Waals surface area contributed by atoms with E-state index in [0.717, 1.165) is 6.42 Å². The smallest absolute Gasteiger partial charge is 0.0752 e. The lowest BCUT2D eigenvalue weighted by Gasteiger charge is -1.96. The second kappa shape index (κ2) is 5.57. The van der Waals surface area contributed by atoms with Crippen LogP contribution in [0.4, 0.5) is 0 Å². The fraction of sp³-hybridized carbons (Fsp3) is 0.500. The molecule has 0 aliphatic heterocycles. The zero-order valence-corrected chi connectivity index (χ0v) is 5.88. The molecule has 9 heavy (non-hydrogen) atoms. The summed E-state index contributed by atoms with van der Waals surface area (Å²) in [5.41, 5.74) is 0. The van der Waals surface area contributed by atoms with Crippen molar-refractivity contribution in [3.8, 4) is 0 Å². The largest absolute Gasteiger partial charge is 0.389 e. The van der Waals surface area contributed by atoms with Crippen molar-refractivity contribution in [3.63, 3.8) is 0 Å². The van der Waals surface area contributed by atoms with Crippen LogP contribution in [0.15, 0.2) is 24.8 Å². The van der Waals surface area contributed by atoms with Crippen molar-refractivity contribution in [2.45, 2.75) is 25.9 Å². The van der Waals surface area contributed by atoms with Crippen LogP contribution in [0.5, 0.6) is 0 Å². The zero-order chi connectivity index (χ0) is 7.11. The molecule has 0 saturated carbocycles. The molecule has 0 aromatic carbocycles. The van der Waals surface area contributed by atoms with Gasteiger partial charge in [0.2, 0.25) is 0 Å². The fourth-order valence-corrected chi connectivity index (χ4v) is 0.499. The van der Waals surface area contributed by atoms with Crippen molar-refractivity contribution in [2.75, 3.05) is 0 Å². The number of hydrogen-bond acceptors (Lipinski definition) is 1. The Bertz CT molecular complexity index is 94.7. The van der Waals surface area contributed by atoms with Crippen LogP contribution in [0.3, 0.4) is 0 Å². The molecule has 1 nitrogen and oxygen atoms in total. The van der Waals surface area contributed by atoms with Gasteiger partial charge in [-0.15, -0.1) is 6.58 Å². The summed E-state index contributed by atoms with van der Waals surface area (Å²) in [7, 11) is 0. The van der Waals surface area contributed by atoms with Crippen LogP contribution in [0.2, 0.25) is 0 Å². The van der Waals surface area contributed by atoms with Gasteiger partial charge in [-0.2, -0.15) is 0 Å². The van der Waals surface area contributed by atoms with Crippen LogP contribution >= 0.6 is 0 Å². The first-order valence-electron chi connectivity index (χ1n) is 3.26. The summed E-state index contributed by atoms with van der Waals surface area (Å²) in [5.74, 6) is 0. The van der Waals surface area contributed by atoms with Gasteiger partial charge in [-0.25, -0.2) is 0 Å². The molecule has 0 unspecified atom stereocenters. The third kappa shape index (κ3) is 5.31. The third-order valence-electron chi connectivity index (χ3n) is 1.05. The fourth-order valence-electron chi connectivity index (χ4n) is 0.499. The van der Waals surface area contributed by atoms with Crippen LogP contribution in [0.1, 0.15) is 19.8 Å². The topological polar surface area (TPSA) is 20.2 Å². The Morgan fingerprint density at radius 2 is 2.22 bits per heavy atom. The van der Waals surface area contributed by atoms with Gasteiger partial charge < -0.3 is 5.11 Å². The monoisotopic (exact) mass is 126 g/mol. The van der Waals surface area contributed by atoms with Crippen molar-refractivity contribution in [1.82, 2.24) is 0 Å². The van der Waals surface area contributed by atoms with Gasteiger partial charge in [0.1, 0.15) is 0 Å². The Morgan fingerprint density at radius 1 is 1.56 bits per heavy atom. The average molecular weight is 126 g/mol. The van der Waals surface area contributed by atoms with E-state index in [9.17, 15) is 0 Å². The molecular weight excluding hydrogens is 112 g/mol. The van der Waals surface area contributed by atoms with Gasteiger partial charge in [-0.05, 0) is 12.8 Å². The molecule has 0 aliphatic rings. The Hall–Kier alpha value is -0.560. The van der Waals surface area contributed by atoms with Gasteiger partial charge in [0, 0.05) is 0 Å². The van der Waals surface area contributed by atoms with Gasteiger partial charge in [0.25, 0.3) is 0 Å². The van der Waals surface area contributed by atoms with Gasteiger partial charge in [0.05, 0.1) is 6.10 Å². The minimum absolute atomic E-state index is 0.368. The first kappa shape index (κ1) is 8.44. The summed E-state index contributed by atoms with van der Waals surface area (Å²) < 4.78 is 0. The highest BCUT2D eigenvalue weighted by Crippen LogP contribution is 1.93. The van der Waals surface area contributed by atoms with Gasteiger partial charge in [-0.3, -0.25) is 0 Å². The maximum absolute atomic E-state index is 8.92. The zero-order valence-electron chi connectivity index (χ0n) is 5.88. The molecular formula is C8H14O. The van der Waals surface area contributed by atoms with Crippen molar-refractivity contribution in [2.24, 2.45) is 0 Å². The Labute approximate surface area is 56.7 Å². The van der Waals surface area contributed by atoms with E-state index in [4.69, 9.17) is 5.11 Å². The van der Waals surface area contributed by atoms with Gasteiger partial charge >= 0.3 is 0 Å². The molecule has 0 rings (SSSR count). The molecule has 0 bridgehead atoms. The Morgan fingerprint density at radius 3 is 2.67 bits per heavy atom. The number of hydrogen-bond donors (Lipinski definition) is 1. The summed E-state index contributed by atoms with van der Waals surface area (Å²) in [6.45, 7) is 5.52. The molecule has 0 aromatic heterocycles. The standard InChI is InChI=1S/C8H14O/c1-3-5-6-7-8(9)4-2/h4-6,8-9H,2-3,7H2,1H3/t8-/m1/s1. The van der Waals surface area contributed by atoms with Crippen LogP contribution in [0.25, 0.3) is 0 Å². The molecule has 0 heterocycles. The molecule has 0 fully saturated rings. The summed E-state index contributed by atoms with van der Waals surface area (Å²) >= 11 is 0. The van der Waals surface area contributed by atoms with Crippen LogP contribution in [-0.2, 0) is 0 Å². The minimum Gasteiger partial charge on any atom is -0.389 e. The highest BCUT2D eigenvalue weighted by Gasteiger charge is 1.89. The van der Waals surface area contributed by atoms with Crippen LogP contribution < -0.4 is 0 Å². The number of aliphatic hydroxyl groups is 1. The average Bonchev–Trinajstić information content (AvgIpc) is 1.89. The second-order valence-electron chi connectivity index (χ2n) is 1.92. The molecule has 1 N–H and O–H groups in total. The van der Waals surface area contributed by atoms with E-state index in [0.29, 0.717) is 6.42 Å². The molecule has 1 atom stereocenters. The number of rotatable bonds is 4.